The summed E-state index contributed by atoms with van der Waals surface area (Å²) in [6.07, 6.45) is 2.62. The summed E-state index contributed by atoms with van der Waals surface area (Å²) < 4.78 is 0. The third kappa shape index (κ3) is 3.10. The fourth-order valence-electron chi connectivity index (χ4n) is 3.01. The number of likely N-dealkylation sites (tertiary alicyclic amines) is 1. The molecule has 3 heteroatoms. The van der Waals surface area contributed by atoms with Crippen LogP contribution in [0.25, 0.3) is 0 Å². The van der Waals surface area contributed by atoms with E-state index >= 15 is 0 Å². The highest BCUT2D eigenvalue weighted by atomic mass is 15.1. The quantitative estimate of drug-likeness (QED) is 0.851. The van der Waals surface area contributed by atoms with Crippen LogP contribution in [0.3, 0.4) is 0 Å². The van der Waals surface area contributed by atoms with Crippen molar-refractivity contribution in [2.24, 2.45) is 11.7 Å². The molecule has 0 amide bonds. The zero-order valence-electron chi connectivity index (χ0n) is 11.5. The van der Waals surface area contributed by atoms with Crippen LogP contribution >= 0.6 is 0 Å². The minimum absolute atomic E-state index is 0.458. The van der Waals surface area contributed by atoms with Gasteiger partial charge >= 0.3 is 0 Å². The van der Waals surface area contributed by atoms with Gasteiger partial charge in [-0.15, -0.1) is 0 Å². The molecule has 0 bridgehead atoms. The molecule has 2 atom stereocenters. The molecule has 2 unspecified atom stereocenters. The monoisotopic (exact) mass is 247 g/mol. The fraction of sp³-hybridized carbons (Fsp3) is 0.600. The Labute approximate surface area is 110 Å². The molecule has 0 spiro atoms. The van der Waals surface area contributed by atoms with Crippen LogP contribution in [0.2, 0.25) is 0 Å². The van der Waals surface area contributed by atoms with E-state index in [0.717, 1.165) is 0 Å². The van der Waals surface area contributed by atoms with E-state index in [1.807, 2.05) is 0 Å². The van der Waals surface area contributed by atoms with Crippen molar-refractivity contribution in [3.05, 3.63) is 35.4 Å². The van der Waals surface area contributed by atoms with Crippen LogP contribution in [0, 0.1) is 5.92 Å². The second-order valence-corrected chi connectivity index (χ2v) is 5.38. The number of nitrogens with one attached hydrogen (secondary N) is 1. The largest absolute Gasteiger partial charge is 0.326 e. The van der Waals surface area contributed by atoms with Crippen LogP contribution in [0.15, 0.2) is 24.3 Å². The van der Waals surface area contributed by atoms with Gasteiger partial charge in [-0.05, 0) is 50.5 Å². The van der Waals surface area contributed by atoms with Crippen molar-refractivity contribution < 1.29 is 0 Å². The molecule has 0 radical (unpaired) electrons. The van der Waals surface area contributed by atoms with Crippen molar-refractivity contribution in [1.29, 1.82) is 0 Å². The van der Waals surface area contributed by atoms with Gasteiger partial charge in [-0.2, -0.15) is 0 Å². The Kier molecular flexibility index (Phi) is 4.75. The second-order valence-electron chi connectivity index (χ2n) is 5.38. The molecule has 1 aliphatic rings. The Balaban J connectivity index is 2.11. The molecule has 18 heavy (non-hydrogen) atoms. The van der Waals surface area contributed by atoms with Crippen molar-refractivity contribution in [2.75, 3.05) is 27.2 Å². The van der Waals surface area contributed by atoms with E-state index in [1.165, 1.54) is 37.1 Å². The van der Waals surface area contributed by atoms with Gasteiger partial charge in [0.2, 0.25) is 0 Å². The molecule has 3 N–H and O–H groups in total. The van der Waals surface area contributed by atoms with E-state index in [2.05, 4.69) is 48.6 Å². The summed E-state index contributed by atoms with van der Waals surface area (Å²) in [6, 6.07) is 9.19. The van der Waals surface area contributed by atoms with Gasteiger partial charge in [-0.3, -0.25) is 0 Å². The Morgan fingerprint density at radius 3 is 2.67 bits per heavy atom. The van der Waals surface area contributed by atoms with Gasteiger partial charge in [0.25, 0.3) is 0 Å². The minimum atomic E-state index is 0.458. The topological polar surface area (TPSA) is 41.3 Å². The number of nitrogens with two attached hydrogens (primary N) is 1. The average Bonchev–Trinajstić information content (AvgIpc) is 2.40. The summed E-state index contributed by atoms with van der Waals surface area (Å²) in [5.41, 5.74) is 8.23. The maximum absolute atomic E-state index is 5.65. The van der Waals surface area contributed by atoms with Gasteiger partial charge in [0.05, 0.1) is 0 Å². The van der Waals surface area contributed by atoms with Crippen molar-refractivity contribution in [2.45, 2.75) is 25.4 Å². The highest BCUT2D eigenvalue weighted by Gasteiger charge is 2.25. The third-order valence-corrected chi connectivity index (χ3v) is 4.02. The van der Waals surface area contributed by atoms with Crippen molar-refractivity contribution >= 4 is 0 Å². The van der Waals surface area contributed by atoms with Crippen LogP contribution in [0.4, 0.5) is 0 Å². The summed E-state index contributed by atoms with van der Waals surface area (Å²) in [4.78, 5) is 2.44. The first-order valence-electron chi connectivity index (χ1n) is 6.89. The molecule has 1 saturated heterocycles. The lowest BCUT2D eigenvalue weighted by Crippen LogP contribution is -2.38. The standard InChI is InChI=1S/C15H25N3/c1-17-15(14-4-3-9-18(2)11-14)13-7-5-12(10-16)6-8-13/h5-8,14-15,17H,3-4,9-11,16H2,1-2H3. The van der Waals surface area contributed by atoms with Gasteiger partial charge in [-0.25, -0.2) is 0 Å². The summed E-state index contributed by atoms with van der Waals surface area (Å²) in [7, 11) is 4.28. The van der Waals surface area contributed by atoms with E-state index in [4.69, 9.17) is 5.73 Å². The average molecular weight is 247 g/mol. The van der Waals surface area contributed by atoms with Gasteiger partial charge < -0.3 is 16.0 Å². The molecule has 100 valence electrons. The van der Waals surface area contributed by atoms with E-state index in [0.29, 0.717) is 18.5 Å². The number of piperidine rings is 1. The van der Waals surface area contributed by atoms with E-state index in [9.17, 15) is 0 Å². The summed E-state index contributed by atoms with van der Waals surface area (Å²) in [6.45, 7) is 3.04. The SMILES string of the molecule is CNC(c1ccc(CN)cc1)C1CCCN(C)C1. The molecular weight excluding hydrogens is 222 g/mol. The normalized spacial score (nSPS) is 22.9. The molecule has 3 nitrogen and oxygen atoms in total. The van der Waals surface area contributed by atoms with Crippen LogP contribution in [0.5, 0.6) is 0 Å². The number of hydrogen-bond acceptors (Lipinski definition) is 3. The number of rotatable bonds is 4. The fourth-order valence-corrected chi connectivity index (χ4v) is 3.01. The Morgan fingerprint density at radius 2 is 2.11 bits per heavy atom. The molecule has 0 aromatic heterocycles. The Morgan fingerprint density at radius 1 is 1.39 bits per heavy atom. The van der Waals surface area contributed by atoms with Gasteiger partial charge in [0.1, 0.15) is 0 Å². The summed E-state index contributed by atoms with van der Waals surface area (Å²) in [5, 5.41) is 3.49. The molecule has 1 heterocycles. The highest BCUT2D eigenvalue weighted by Crippen LogP contribution is 2.29. The second kappa shape index (κ2) is 6.32. The summed E-state index contributed by atoms with van der Waals surface area (Å²) >= 11 is 0. The van der Waals surface area contributed by atoms with E-state index < -0.39 is 0 Å². The third-order valence-electron chi connectivity index (χ3n) is 4.02. The molecule has 1 aliphatic heterocycles. The van der Waals surface area contributed by atoms with Crippen molar-refractivity contribution in [3.63, 3.8) is 0 Å². The van der Waals surface area contributed by atoms with Crippen molar-refractivity contribution in [3.8, 4) is 0 Å². The minimum Gasteiger partial charge on any atom is -0.326 e. The number of benzene rings is 1. The van der Waals surface area contributed by atoms with Gasteiger partial charge in [0, 0.05) is 19.1 Å². The van der Waals surface area contributed by atoms with Crippen LogP contribution in [-0.2, 0) is 6.54 Å². The Bertz CT molecular complexity index is 361. The number of hydrogen-bond donors (Lipinski definition) is 2. The highest BCUT2D eigenvalue weighted by molar-refractivity contribution is 5.25. The van der Waals surface area contributed by atoms with Crippen LogP contribution < -0.4 is 11.1 Å². The molecular formula is C15H25N3. The first kappa shape index (κ1) is 13.5. The van der Waals surface area contributed by atoms with E-state index in [1.54, 1.807) is 0 Å². The summed E-state index contributed by atoms with van der Waals surface area (Å²) in [5.74, 6) is 0.706. The van der Waals surface area contributed by atoms with Crippen molar-refractivity contribution in [1.82, 2.24) is 10.2 Å². The Hall–Kier alpha value is -0.900. The lowest BCUT2D eigenvalue weighted by atomic mass is 9.86. The predicted molar refractivity (Wildman–Crippen MR) is 76.4 cm³/mol. The molecule has 0 saturated carbocycles. The molecule has 1 fully saturated rings. The maximum Gasteiger partial charge on any atom is 0.0358 e. The maximum atomic E-state index is 5.65. The number of nitrogens with zero attached hydrogens (tertiary/aromatic N) is 1. The van der Waals surface area contributed by atoms with E-state index in [-0.39, 0.29) is 0 Å². The smallest absolute Gasteiger partial charge is 0.0358 e. The lowest BCUT2D eigenvalue weighted by Gasteiger charge is -2.35. The van der Waals surface area contributed by atoms with Crippen LogP contribution in [0.1, 0.15) is 30.0 Å². The first-order valence-corrected chi connectivity index (χ1v) is 6.89. The molecule has 1 aromatic rings. The first-order chi connectivity index (χ1) is 8.74. The van der Waals surface area contributed by atoms with Crippen LogP contribution in [-0.4, -0.2) is 32.1 Å². The molecule has 1 aromatic carbocycles. The van der Waals surface area contributed by atoms with Gasteiger partial charge in [-0.1, -0.05) is 24.3 Å². The molecule has 0 aliphatic carbocycles. The van der Waals surface area contributed by atoms with Gasteiger partial charge in [0.15, 0.2) is 0 Å². The zero-order chi connectivity index (χ0) is 13.0. The predicted octanol–water partition coefficient (Wildman–Crippen LogP) is 1.75. The lowest BCUT2D eigenvalue weighted by molar-refractivity contribution is 0.177. The molecule has 2 rings (SSSR count). The zero-order valence-corrected chi connectivity index (χ0v) is 11.5.